The fraction of sp³-hybridized carbons (Fsp3) is 0.364. The van der Waals surface area contributed by atoms with E-state index in [-0.39, 0.29) is 18.9 Å². The van der Waals surface area contributed by atoms with Crippen LogP contribution in [0.5, 0.6) is 0 Å². The molecule has 0 unspecified atom stereocenters. The molecule has 2 amide bonds. The van der Waals surface area contributed by atoms with Crippen molar-refractivity contribution >= 4 is 17.6 Å². The molecule has 92 valence electrons. The van der Waals surface area contributed by atoms with E-state index in [9.17, 15) is 9.59 Å². The van der Waals surface area contributed by atoms with E-state index in [0.717, 1.165) is 6.54 Å². The van der Waals surface area contributed by atoms with Gasteiger partial charge in [0.05, 0.1) is 0 Å². The number of nitrogens with one attached hydrogen (secondary N) is 2. The van der Waals surface area contributed by atoms with Crippen LogP contribution in [0.2, 0.25) is 0 Å². The number of nitrogens with two attached hydrogens (primary N) is 1. The van der Waals surface area contributed by atoms with Crippen molar-refractivity contribution in [1.82, 2.24) is 10.3 Å². The number of carbonyl (C=O) groups excluding carboxylic acids is 2. The lowest BCUT2D eigenvalue weighted by molar-refractivity contribution is -0.117. The second-order valence-electron chi connectivity index (χ2n) is 3.41. The van der Waals surface area contributed by atoms with Crippen LogP contribution >= 0.6 is 0 Å². The standard InChI is InChI=1S/C11H16N4O2/c1-2-13-10-5-3-4-8(15-10)11(17)14-7-6-9(12)16/h3-5H,2,6-7H2,1H3,(H2,12,16)(H,13,15)(H,14,17). The molecule has 1 rings (SSSR count). The van der Waals surface area contributed by atoms with Gasteiger partial charge >= 0.3 is 0 Å². The Hall–Kier alpha value is -2.11. The maximum Gasteiger partial charge on any atom is 0.269 e. The van der Waals surface area contributed by atoms with E-state index in [4.69, 9.17) is 5.73 Å². The molecule has 4 N–H and O–H groups in total. The number of hydrogen-bond donors (Lipinski definition) is 3. The number of nitrogens with zero attached hydrogens (tertiary/aromatic N) is 1. The van der Waals surface area contributed by atoms with Gasteiger partial charge in [-0.15, -0.1) is 0 Å². The Labute approximate surface area is 99.6 Å². The van der Waals surface area contributed by atoms with Gasteiger partial charge in [0, 0.05) is 19.5 Å². The van der Waals surface area contributed by atoms with Gasteiger partial charge in [-0.2, -0.15) is 0 Å². The lowest BCUT2D eigenvalue weighted by Gasteiger charge is -2.06. The number of aromatic nitrogens is 1. The van der Waals surface area contributed by atoms with Crippen molar-refractivity contribution in [3.05, 3.63) is 23.9 Å². The Balaban J connectivity index is 2.56. The predicted molar refractivity (Wildman–Crippen MR) is 64.5 cm³/mol. The number of carbonyl (C=O) groups is 2. The molecule has 0 fully saturated rings. The van der Waals surface area contributed by atoms with Gasteiger partial charge in [0.2, 0.25) is 5.91 Å². The van der Waals surface area contributed by atoms with Crippen LogP contribution in [0.4, 0.5) is 5.82 Å². The highest BCUT2D eigenvalue weighted by molar-refractivity contribution is 5.92. The molecule has 1 aromatic rings. The number of amides is 2. The summed E-state index contributed by atoms with van der Waals surface area (Å²) in [7, 11) is 0. The van der Waals surface area contributed by atoms with Crippen LogP contribution in [0, 0.1) is 0 Å². The van der Waals surface area contributed by atoms with Crippen LogP contribution in [0.25, 0.3) is 0 Å². The molecule has 0 aliphatic rings. The molecule has 17 heavy (non-hydrogen) atoms. The first-order valence-corrected chi connectivity index (χ1v) is 5.41. The van der Waals surface area contributed by atoms with E-state index in [1.54, 1.807) is 18.2 Å². The third kappa shape index (κ3) is 4.50. The first-order chi connectivity index (χ1) is 8.13. The monoisotopic (exact) mass is 236 g/mol. The first-order valence-electron chi connectivity index (χ1n) is 5.41. The third-order valence-corrected chi connectivity index (χ3v) is 2.00. The Kier molecular flexibility index (Phi) is 4.93. The molecule has 6 heteroatoms. The summed E-state index contributed by atoms with van der Waals surface area (Å²) in [5.41, 5.74) is 5.28. The number of pyridine rings is 1. The van der Waals surface area contributed by atoms with Crippen LogP contribution in [0.1, 0.15) is 23.8 Å². The van der Waals surface area contributed by atoms with Crippen LogP contribution in [0.3, 0.4) is 0 Å². The van der Waals surface area contributed by atoms with Gasteiger partial charge in [-0.1, -0.05) is 6.07 Å². The molecule has 0 aliphatic carbocycles. The lowest BCUT2D eigenvalue weighted by Crippen LogP contribution is -2.28. The van der Waals surface area contributed by atoms with Gasteiger partial charge in [0.15, 0.2) is 0 Å². The Morgan fingerprint density at radius 2 is 2.18 bits per heavy atom. The second kappa shape index (κ2) is 6.47. The number of anilines is 1. The highest BCUT2D eigenvalue weighted by atomic mass is 16.2. The molecule has 0 saturated carbocycles. The van der Waals surface area contributed by atoms with E-state index in [1.165, 1.54) is 0 Å². The minimum atomic E-state index is -0.445. The average molecular weight is 236 g/mol. The highest BCUT2D eigenvalue weighted by Gasteiger charge is 2.07. The van der Waals surface area contributed by atoms with E-state index >= 15 is 0 Å². The topological polar surface area (TPSA) is 97.1 Å². The largest absolute Gasteiger partial charge is 0.370 e. The minimum absolute atomic E-state index is 0.124. The van der Waals surface area contributed by atoms with Gasteiger partial charge in [-0.25, -0.2) is 4.98 Å². The van der Waals surface area contributed by atoms with Gasteiger partial charge in [0.25, 0.3) is 5.91 Å². The summed E-state index contributed by atoms with van der Waals surface area (Å²) >= 11 is 0. The normalized spacial score (nSPS) is 9.71. The maximum absolute atomic E-state index is 11.6. The Bertz CT molecular complexity index is 406. The summed E-state index contributed by atoms with van der Waals surface area (Å²) in [4.78, 5) is 26.3. The summed E-state index contributed by atoms with van der Waals surface area (Å²) in [5.74, 6) is -0.110. The molecule has 0 radical (unpaired) electrons. The van der Waals surface area contributed by atoms with Gasteiger partial charge in [-0.05, 0) is 19.1 Å². The molecule has 1 heterocycles. The Morgan fingerprint density at radius 1 is 1.41 bits per heavy atom. The molecule has 1 aromatic heterocycles. The van der Waals surface area contributed by atoms with Crippen molar-refractivity contribution < 1.29 is 9.59 Å². The van der Waals surface area contributed by atoms with E-state index < -0.39 is 5.91 Å². The Morgan fingerprint density at radius 3 is 2.82 bits per heavy atom. The lowest BCUT2D eigenvalue weighted by atomic mass is 10.3. The van der Waals surface area contributed by atoms with Gasteiger partial charge in [-0.3, -0.25) is 9.59 Å². The molecule has 0 aromatic carbocycles. The van der Waals surface area contributed by atoms with Crippen LogP contribution in [-0.4, -0.2) is 29.9 Å². The van der Waals surface area contributed by atoms with Gasteiger partial charge < -0.3 is 16.4 Å². The van der Waals surface area contributed by atoms with Crippen molar-refractivity contribution in [3.8, 4) is 0 Å². The van der Waals surface area contributed by atoms with Crippen molar-refractivity contribution in [2.75, 3.05) is 18.4 Å². The van der Waals surface area contributed by atoms with Crippen LogP contribution in [0.15, 0.2) is 18.2 Å². The zero-order valence-electron chi connectivity index (χ0n) is 9.69. The fourth-order valence-electron chi connectivity index (χ4n) is 1.23. The number of hydrogen-bond acceptors (Lipinski definition) is 4. The molecule has 0 saturated heterocycles. The molecule has 0 aliphatic heterocycles. The summed E-state index contributed by atoms with van der Waals surface area (Å²) in [6, 6.07) is 5.14. The molecule has 0 atom stereocenters. The van der Waals surface area contributed by atoms with E-state index in [1.807, 2.05) is 6.92 Å². The van der Waals surface area contributed by atoms with Gasteiger partial charge in [0.1, 0.15) is 11.5 Å². The SMILES string of the molecule is CCNc1cccc(C(=O)NCCC(N)=O)n1. The number of rotatable bonds is 6. The second-order valence-corrected chi connectivity index (χ2v) is 3.41. The average Bonchev–Trinajstić information content (AvgIpc) is 2.29. The smallest absolute Gasteiger partial charge is 0.269 e. The quantitative estimate of drug-likeness (QED) is 0.653. The molecule has 6 nitrogen and oxygen atoms in total. The molecule has 0 bridgehead atoms. The predicted octanol–water partition coefficient (Wildman–Crippen LogP) is 0.119. The van der Waals surface area contributed by atoms with Crippen molar-refractivity contribution in [1.29, 1.82) is 0 Å². The summed E-state index contributed by atoms with van der Waals surface area (Å²) in [5, 5.41) is 5.58. The van der Waals surface area contributed by atoms with E-state index in [2.05, 4.69) is 15.6 Å². The summed E-state index contributed by atoms with van der Waals surface area (Å²) in [6.45, 7) is 2.91. The van der Waals surface area contributed by atoms with E-state index in [0.29, 0.717) is 11.5 Å². The highest BCUT2D eigenvalue weighted by Crippen LogP contribution is 2.04. The van der Waals surface area contributed by atoms with Crippen molar-refractivity contribution in [3.63, 3.8) is 0 Å². The van der Waals surface area contributed by atoms with Crippen LogP contribution in [-0.2, 0) is 4.79 Å². The fourth-order valence-corrected chi connectivity index (χ4v) is 1.23. The zero-order valence-corrected chi connectivity index (χ0v) is 9.69. The van der Waals surface area contributed by atoms with Crippen LogP contribution < -0.4 is 16.4 Å². The molecular weight excluding hydrogens is 220 g/mol. The molecular formula is C11H16N4O2. The minimum Gasteiger partial charge on any atom is -0.370 e. The summed E-state index contributed by atoms with van der Waals surface area (Å²) < 4.78 is 0. The number of primary amides is 1. The first kappa shape index (κ1) is 13.0. The summed E-state index contributed by atoms with van der Waals surface area (Å²) in [6.07, 6.45) is 0.124. The van der Waals surface area contributed by atoms with Crippen molar-refractivity contribution in [2.24, 2.45) is 5.73 Å². The molecule has 0 spiro atoms. The maximum atomic E-state index is 11.6. The van der Waals surface area contributed by atoms with Crippen molar-refractivity contribution in [2.45, 2.75) is 13.3 Å². The zero-order chi connectivity index (χ0) is 12.7. The third-order valence-electron chi connectivity index (χ3n) is 2.00.